The van der Waals surface area contributed by atoms with Gasteiger partial charge in [0, 0.05) is 23.2 Å². The third-order valence-corrected chi connectivity index (χ3v) is 5.48. The molecule has 3 aromatic carbocycles. The first-order chi connectivity index (χ1) is 15.9. The SMILES string of the molecule is CC(=O)Nc1cc(C(=O)O)cc(C2=C(c3cc(Cl)ccc3OCc3ccccc3)C=CC2)c1. The van der Waals surface area contributed by atoms with Crippen molar-refractivity contribution < 1.29 is 19.4 Å². The molecule has 0 radical (unpaired) electrons. The second kappa shape index (κ2) is 9.76. The summed E-state index contributed by atoms with van der Waals surface area (Å²) < 4.78 is 6.14. The molecule has 1 aliphatic carbocycles. The fraction of sp³-hybridized carbons (Fsp3) is 0.111. The minimum Gasteiger partial charge on any atom is -0.488 e. The van der Waals surface area contributed by atoms with E-state index in [0.29, 0.717) is 35.1 Å². The maximum absolute atomic E-state index is 11.7. The van der Waals surface area contributed by atoms with Crippen LogP contribution in [0.25, 0.3) is 11.1 Å². The Kier molecular flexibility index (Phi) is 6.61. The Balaban J connectivity index is 1.77. The highest BCUT2D eigenvalue weighted by Crippen LogP contribution is 2.41. The first-order valence-electron chi connectivity index (χ1n) is 10.4. The van der Waals surface area contributed by atoms with Crippen LogP contribution in [-0.2, 0) is 11.4 Å². The molecule has 0 atom stereocenters. The number of allylic oxidation sites excluding steroid dienone is 4. The van der Waals surface area contributed by atoms with E-state index in [1.165, 1.54) is 13.0 Å². The summed E-state index contributed by atoms with van der Waals surface area (Å²) in [4.78, 5) is 23.3. The molecule has 1 amide bonds. The van der Waals surface area contributed by atoms with E-state index >= 15 is 0 Å². The summed E-state index contributed by atoms with van der Waals surface area (Å²) in [5, 5.41) is 12.8. The first kappa shape index (κ1) is 22.4. The van der Waals surface area contributed by atoms with Gasteiger partial charge in [-0.25, -0.2) is 4.79 Å². The number of ether oxygens (including phenoxy) is 1. The molecule has 0 aromatic heterocycles. The van der Waals surface area contributed by atoms with E-state index in [1.807, 2.05) is 54.6 Å². The number of hydrogen-bond donors (Lipinski definition) is 2. The molecule has 0 aliphatic heterocycles. The van der Waals surface area contributed by atoms with Crippen molar-refractivity contribution in [1.29, 1.82) is 0 Å². The molecule has 4 rings (SSSR count). The van der Waals surface area contributed by atoms with Crippen LogP contribution in [0.5, 0.6) is 5.75 Å². The number of carbonyl (C=O) groups excluding carboxylic acids is 1. The molecule has 5 nitrogen and oxygen atoms in total. The van der Waals surface area contributed by atoms with Gasteiger partial charge in [-0.15, -0.1) is 0 Å². The molecule has 0 bridgehead atoms. The quantitative estimate of drug-likeness (QED) is 0.426. The maximum Gasteiger partial charge on any atom is 0.335 e. The van der Waals surface area contributed by atoms with Gasteiger partial charge in [0.15, 0.2) is 0 Å². The zero-order chi connectivity index (χ0) is 23.4. The summed E-state index contributed by atoms with van der Waals surface area (Å²) in [5.74, 6) is -0.654. The minimum atomic E-state index is -1.06. The van der Waals surface area contributed by atoms with Crippen LogP contribution >= 0.6 is 11.6 Å². The molecular formula is C27H22ClNO4. The number of amides is 1. The number of rotatable bonds is 7. The normalized spacial score (nSPS) is 12.7. The predicted octanol–water partition coefficient (Wildman–Crippen LogP) is 6.45. The summed E-state index contributed by atoms with van der Waals surface area (Å²) in [6, 6.07) is 20.2. The molecule has 0 saturated heterocycles. The maximum atomic E-state index is 11.7. The molecule has 2 N–H and O–H groups in total. The summed E-state index contributed by atoms with van der Waals surface area (Å²) in [5.41, 5.74) is 4.94. The Labute approximate surface area is 197 Å². The molecule has 0 fully saturated rings. The van der Waals surface area contributed by atoms with Gasteiger partial charge in [-0.3, -0.25) is 4.79 Å². The lowest BCUT2D eigenvalue weighted by Gasteiger charge is -2.16. The van der Waals surface area contributed by atoms with Crippen molar-refractivity contribution in [3.63, 3.8) is 0 Å². The molecular weight excluding hydrogens is 438 g/mol. The van der Waals surface area contributed by atoms with Crippen molar-refractivity contribution in [3.8, 4) is 5.75 Å². The second-order valence-corrected chi connectivity index (χ2v) is 8.14. The van der Waals surface area contributed by atoms with Crippen LogP contribution in [0.3, 0.4) is 0 Å². The Morgan fingerprint density at radius 2 is 1.85 bits per heavy atom. The fourth-order valence-electron chi connectivity index (χ4n) is 3.81. The Bertz CT molecular complexity index is 1280. The fourth-order valence-corrected chi connectivity index (χ4v) is 3.98. The molecule has 0 spiro atoms. The lowest BCUT2D eigenvalue weighted by molar-refractivity contribution is -0.114. The lowest BCUT2D eigenvalue weighted by Crippen LogP contribution is -2.08. The van der Waals surface area contributed by atoms with Crippen LogP contribution in [0.15, 0.2) is 78.9 Å². The van der Waals surface area contributed by atoms with Gasteiger partial charge in [-0.2, -0.15) is 0 Å². The van der Waals surface area contributed by atoms with Crippen LogP contribution in [0, 0.1) is 0 Å². The largest absolute Gasteiger partial charge is 0.488 e. The minimum absolute atomic E-state index is 0.0987. The smallest absolute Gasteiger partial charge is 0.335 e. The Morgan fingerprint density at radius 3 is 2.58 bits per heavy atom. The van der Waals surface area contributed by atoms with Crippen LogP contribution < -0.4 is 10.1 Å². The van der Waals surface area contributed by atoms with Gasteiger partial charge in [0.2, 0.25) is 5.91 Å². The van der Waals surface area contributed by atoms with Gasteiger partial charge in [-0.1, -0.05) is 54.1 Å². The average Bonchev–Trinajstić information content (AvgIpc) is 3.28. The molecule has 0 heterocycles. The number of hydrogen-bond acceptors (Lipinski definition) is 3. The lowest BCUT2D eigenvalue weighted by atomic mass is 9.94. The second-order valence-electron chi connectivity index (χ2n) is 7.70. The van der Waals surface area contributed by atoms with Crippen molar-refractivity contribution in [2.45, 2.75) is 20.0 Å². The van der Waals surface area contributed by atoms with Gasteiger partial charge < -0.3 is 15.2 Å². The number of anilines is 1. The van der Waals surface area contributed by atoms with Crippen molar-refractivity contribution in [2.75, 3.05) is 5.32 Å². The van der Waals surface area contributed by atoms with E-state index in [1.54, 1.807) is 18.2 Å². The molecule has 0 unspecified atom stereocenters. The number of carboxylic acids is 1. The standard InChI is InChI=1S/C27H22ClNO4/c1-17(30)29-22-13-19(12-20(14-22)27(31)32)23-8-5-9-24(23)25-15-21(28)10-11-26(25)33-16-18-6-3-2-4-7-18/h2-7,9-15H,8,16H2,1H3,(H,29,30)(H,31,32). The van der Waals surface area contributed by atoms with Gasteiger partial charge in [0.25, 0.3) is 0 Å². The average molecular weight is 460 g/mol. The van der Waals surface area contributed by atoms with E-state index < -0.39 is 5.97 Å². The van der Waals surface area contributed by atoms with Crippen LogP contribution in [-0.4, -0.2) is 17.0 Å². The van der Waals surface area contributed by atoms with Crippen molar-refractivity contribution in [3.05, 3.63) is 106 Å². The summed E-state index contributed by atoms with van der Waals surface area (Å²) in [6.45, 7) is 1.79. The number of nitrogens with one attached hydrogen (secondary N) is 1. The summed E-state index contributed by atoms with van der Waals surface area (Å²) >= 11 is 6.33. The molecule has 6 heteroatoms. The van der Waals surface area contributed by atoms with Gasteiger partial charge in [0.05, 0.1) is 5.56 Å². The van der Waals surface area contributed by atoms with Crippen molar-refractivity contribution in [2.24, 2.45) is 0 Å². The summed E-state index contributed by atoms with van der Waals surface area (Å²) in [7, 11) is 0. The Hall–Kier alpha value is -3.83. The molecule has 33 heavy (non-hydrogen) atoms. The number of carbonyl (C=O) groups is 2. The van der Waals surface area contributed by atoms with E-state index in [2.05, 4.69) is 5.32 Å². The van der Waals surface area contributed by atoms with Crippen molar-refractivity contribution in [1.82, 2.24) is 0 Å². The van der Waals surface area contributed by atoms with Crippen LogP contribution in [0.2, 0.25) is 5.02 Å². The van der Waals surface area contributed by atoms with Crippen molar-refractivity contribution >= 4 is 40.3 Å². The van der Waals surface area contributed by atoms with Crippen LogP contribution in [0.4, 0.5) is 5.69 Å². The van der Waals surface area contributed by atoms with Gasteiger partial charge in [0.1, 0.15) is 12.4 Å². The third kappa shape index (κ3) is 5.33. The molecule has 1 aliphatic rings. The predicted molar refractivity (Wildman–Crippen MR) is 131 cm³/mol. The van der Waals surface area contributed by atoms with E-state index in [0.717, 1.165) is 22.3 Å². The van der Waals surface area contributed by atoms with Gasteiger partial charge in [-0.05, 0) is 65.1 Å². The van der Waals surface area contributed by atoms with E-state index in [9.17, 15) is 14.7 Å². The summed E-state index contributed by atoms with van der Waals surface area (Å²) in [6.07, 6.45) is 4.61. The molecule has 166 valence electrons. The third-order valence-electron chi connectivity index (χ3n) is 5.25. The topological polar surface area (TPSA) is 75.6 Å². The van der Waals surface area contributed by atoms with Gasteiger partial charge >= 0.3 is 5.97 Å². The number of halogens is 1. The number of aromatic carboxylic acids is 1. The molecule has 0 saturated carbocycles. The zero-order valence-electron chi connectivity index (χ0n) is 18.0. The zero-order valence-corrected chi connectivity index (χ0v) is 18.7. The highest BCUT2D eigenvalue weighted by atomic mass is 35.5. The Morgan fingerprint density at radius 1 is 1.06 bits per heavy atom. The van der Waals surface area contributed by atoms with E-state index in [-0.39, 0.29) is 11.5 Å². The highest BCUT2D eigenvalue weighted by molar-refractivity contribution is 6.31. The number of benzene rings is 3. The monoisotopic (exact) mass is 459 g/mol. The van der Waals surface area contributed by atoms with Crippen LogP contribution in [0.1, 0.15) is 40.4 Å². The highest BCUT2D eigenvalue weighted by Gasteiger charge is 2.19. The van der Waals surface area contributed by atoms with E-state index in [4.69, 9.17) is 16.3 Å². The number of carboxylic acid groups (broad SMARTS) is 1. The first-order valence-corrected chi connectivity index (χ1v) is 10.8. The molecule has 3 aromatic rings.